The van der Waals surface area contributed by atoms with E-state index in [9.17, 15) is 9.59 Å². The number of allylic oxidation sites excluding steroid dienone is 1. The van der Waals surface area contributed by atoms with E-state index < -0.39 is 0 Å². The molecule has 0 bridgehead atoms. The molecule has 0 heterocycles. The Balaban J connectivity index is 1.50. The molecule has 4 aliphatic rings. The molecule has 4 aliphatic carbocycles. The average Bonchev–Trinajstić information content (AvgIpc) is 3.04. The van der Waals surface area contributed by atoms with Crippen molar-refractivity contribution in [3.63, 3.8) is 0 Å². The minimum absolute atomic E-state index is 0.0189. The molecule has 3 fully saturated rings. The SMILES string of the molecule is CC(C)OC(=O)CCC(C)C1CCC2C3C(C)CC4=CC(=O)CCC4(C)C3CCC12C. The monoisotopic (exact) mass is 428 g/mol. The van der Waals surface area contributed by atoms with Gasteiger partial charge in [-0.3, -0.25) is 9.59 Å². The molecule has 31 heavy (non-hydrogen) atoms. The normalized spacial score (nSPS) is 43.0. The van der Waals surface area contributed by atoms with Crippen LogP contribution in [0.2, 0.25) is 0 Å². The lowest BCUT2D eigenvalue weighted by atomic mass is 9.44. The molecule has 4 rings (SSSR count). The van der Waals surface area contributed by atoms with Gasteiger partial charge in [0, 0.05) is 12.8 Å². The Kier molecular flexibility index (Phi) is 6.20. The van der Waals surface area contributed by atoms with Crippen LogP contribution in [0.4, 0.5) is 0 Å². The maximum Gasteiger partial charge on any atom is 0.306 e. The molecule has 0 N–H and O–H groups in total. The van der Waals surface area contributed by atoms with Gasteiger partial charge in [0.15, 0.2) is 5.78 Å². The van der Waals surface area contributed by atoms with E-state index in [0.29, 0.717) is 29.5 Å². The number of esters is 1. The third-order valence-electron chi connectivity index (χ3n) is 10.2. The summed E-state index contributed by atoms with van der Waals surface area (Å²) in [5, 5.41) is 0. The molecule has 0 aromatic heterocycles. The second-order valence-electron chi connectivity index (χ2n) is 12.3. The van der Waals surface area contributed by atoms with Crippen molar-refractivity contribution < 1.29 is 14.3 Å². The van der Waals surface area contributed by atoms with Gasteiger partial charge in [0.25, 0.3) is 0 Å². The Morgan fingerprint density at radius 2 is 1.87 bits per heavy atom. The summed E-state index contributed by atoms with van der Waals surface area (Å²) in [6, 6.07) is 0. The van der Waals surface area contributed by atoms with E-state index >= 15 is 0 Å². The van der Waals surface area contributed by atoms with Crippen LogP contribution in [0.1, 0.15) is 99.3 Å². The van der Waals surface area contributed by atoms with E-state index in [1.165, 1.54) is 31.3 Å². The van der Waals surface area contributed by atoms with Gasteiger partial charge >= 0.3 is 5.97 Å². The van der Waals surface area contributed by atoms with Gasteiger partial charge in [-0.05, 0) is 111 Å². The topological polar surface area (TPSA) is 43.4 Å². The first kappa shape index (κ1) is 23.1. The number of ketones is 1. The van der Waals surface area contributed by atoms with Crippen LogP contribution < -0.4 is 0 Å². The summed E-state index contributed by atoms with van der Waals surface area (Å²) >= 11 is 0. The van der Waals surface area contributed by atoms with Crippen LogP contribution in [0.25, 0.3) is 0 Å². The Morgan fingerprint density at radius 1 is 1.13 bits per heavy atom. The Morgan fingerprint density at radius 3 is 2.58 bits per heavy atom. The molecule has 0 radical (unpaired) electrons. The van der Waals surface area contributed by atoms with Crippen molar-refractivity contribution in [1.29, 1.82) is 0 Å². The Hall–Kier alpha value is -1.12. The van der Waals surface area contributed by atoms with Crippen LogP contribution in [0.15, 0.2) is 11.6 Å². The molecule has 0 aliphatic heterocycles. The second kappa shape index (κ2) is 8.34. The fraction of sp³-hybridized carbons (Fsp3) is 0.857. The highest BCUT2D eigenvalue weighted by atomic mass is 16.5. The zero-order valence-electron chi connectivity index (χ0n) is 20.7. The van der Waals surface area contributed by atoms with Gasteiger partial charge in [0.1, 0.15) is 0 Å². The third-order valence-corrected chi connectivity index (χ3v) is 10.2. The largest absolute Gasteiger partial charge is 0.463 e. The van der Waals surface area contributed by atoms with Crippen LogP contribution in [0.3, 0.4) is 0 Å². The van der Waals surface area contributed by atoms with Gasteiger partial charge < -0.3 is 4.74 Å². The molecule has 0 saturated heterocycles. The molecular formula is C28H44O3. The van der Waals surface area contributed by atoms with Crippen molar-refractivity contribution in [1.82, 2.24) is 0 Å². The number of carbonyl (C=O) groups excluding carboxylic acids is 2. The number of carbonyl (C=O) groups is 2. The first-order valence-corrected chi connectivity index (χ1v) is 13.0. The van der Waals surface area contributed by atoms with Crippen molar-refractivity contribution in [2.75, 3.05) is 0 Å². The van der Waals surface area contributed by atoms with Crippen molar-refractivity contribution in [3.8, 4) is 0 Å². The highest BCUT2D eigenvalue weighted by Crippen LogP contribution is 2.68. The third kappa shape index (κ3) is 3.93. The van der Waals surface area contributed by atoms with E-state index in [1.54, 1.807) is 0 Å². The number of hydrogen-bond donors (Lipinski definition) is 0. The van der Waals surface area contributed by atoms with Crippen LogP contribution >= 0.6 is 0 Å². The van der Waals surface area contributed by atoms with Crippen molar-refractivity contribution in [3.05, 3.63) is 11.6 Å². The molecule has 0 spiro atoms. The molecule has 8 atom stereocenters. The fourth-order valence-corrected chi connectivity index (χ4v) is 8.75. The smallest absolute Gasteiger partial charge is 0.306 e. The Labute approximate surface area is 189 Å². The van der Waals surface area contributed by atoms with Crippen molar-refractivity contribution >= 4 is 11.8 Å². The van der Waals surface area contributed by atoms with Crippen molar-refractivity contribution in [2.45, 2.75) is 105 Å². The predicted octanol–water partition coefficient (Wildman–Crippen LogP) is 6.75. The molecule has 0 aromatic carbocycles. The van der Waals surface area contributed by atoms with Gasteiger partial charge in [-0.1, -0.05) is 33.3 Å². The zero-order chi connectivity index (χ0) is 22.6. The van der Waals surface area contributed by atoms with Gasteiger partial charge in [-0.25, -0.2) is 0 Å². The first-order valence-electron chi connectivity index (χ1n) is 13.0. The highest BCUT2D eigenvalue weighted by Gasteiger charge is 2.60. The summed E-state index contributed by atoms with van der Waals surface area (Å²) in [5.74, 6) is 4.61. The van der Waals surface area contributed by atoms with Gasteiger partial charge in [0.2, 0.25) is 0 Å². The molecule has 3 saturated carbocycles. The summed E-state index contributed by atoms with van der Waals surface area (Å²) in [4.78, 5) is 24.2. The van der Waals surface area contributed by atoms with Crippen LogP contribution in [0, 0.1) is 46.3 Å². The summed E-state index contributed by atoms with van der Waals surface area (Å²) < 4.78 is 5.38. The van der Waals surface area contributed by atoms with Crippen LogP contribution in [-0.2, 0) is 14.3 Å². The van der Waals surface area contributed by atoms with Gasteiger partial charge in [-0.2, -0.15) is 0 Å². The number of rotatable bonds is 5. The molecular weight excluding hydrogens is 384 g/mol. The minimum Gasteiger partial charge on any atom is -0.463 e. The molecule has 0 amide bonds. The van der Waals surface area contributed by atoms with Crippen LogP contribution in [0.5, 0.6) is 0 Å². The molecule has 3 nitrogen and oxygen atoms in total. The Bertz CT molecular complexity index is 751. The number of ether oxygens (including phenoxy) is 1. The van der Waals surface area contributed by atoms with E-state index in [0.717, 1.165) is 49.4 Å². The summed E-state index contributed by atoms with van der Waals surface area (Å²) in [6.07, 6.45) is 11.7. The summed E-state index contributed by atoms with van der Waals surface area (Å²) in [7, 11) is 0. The summed E-state index contributed by atoms with van der Waals surface area (Å²) in [5.41, 5.74) is 2.11. The molecule has 0 aromatic rings. The average molecular weight is 429 g/mol. The lowest BCUT2D eigenvalue weighted by Crippen LogP contribution is -2.53. The standard InChI is InChI=1S/C28H44O3/c1-17(2)31-25(30)10-7-18(3)22-8-9-23-26-19(4)15-20-16-21(29)11-13-27(20,5)24(26)12-14-28(22,23)6/h16-19,22-24,26H,7-15H2,1-6H3. The number of hydrogen-bond acceptors (Lipinski definition) is 3. The van der Waals surface area contributed by atoms with E-state index in [4.69, 9.17) is 4.74 Å². The molecule has 174 valence electrons. The maximum absolute atomic E-state index is 12.1. The van der Waals surface area contributed by atoms with Crippen LogP contribution in [-0.4, -0.2) is 17.9 Å². The first-order chi connectivity index (χ1) is 14.6. The van der Waals surface area contributed by atoms with Gasteiger partial charge in [0.05, 0.1) is 6.10 Å². The van der Waals surface area contributed by atoms with E-state index in [1.807, 2.05) is 19.9 Å². The fourth-order valence-electron chi connectivity index (χ4n) is 8.75. The lowest BCUT2D eigenvalue weighted by molar-refractivity contribution is -0.148. The van der Waals surface area contributed by atoms with Gasteiger partial charge in [-0.15, -0.1) is 0 Å². The van der Waals surface area contributed by atoms with E-state index in [2.05, 4.69) is 27.7 Å². The summed E-state index contributed by atoms with van der Waals surface area (Å²) in [6.45, 7) is 13.8. The lowest BCUT2D eigenvalue weighted by Gasteiger charge is -2.60. The zero-order valence-corrected chi connectivity index (χ0v) is 20.7. The highest BCUT2D eigenvalue weighted by molar-refractivity contribution is 5.91. The second-order valence-corrected chi connectivity index (χ2v) is 12.3. The maximum atomic E-state index is 12.1. The quantitative estimate of drug-likeness (QED) is 0.455. The van der Waals surface area contributed by atoms with Crippen molar-refractivity contribution in [2.24, 2.45) is 46.3 Å². The van der Waals surface area contributed by atoms with E-state index in [-0.39, 0.29) is 17.5 Å². The molecule has 8 unspecified atom stereocenters. The minimum atomic E-state index is -0.0368. The predicted molar refractivity (Wildman–Crippen MR) is 124 cm³/mol. The number of fused-ring (bicyclic) bond motifs is 5. The molecule has 3 heteroatoms.